The van der Waals surface area contributed by atoms with E-state index in [1.54, 1.807) is 0 Å². The fraction of sp³-hybridized carbons (Fsp3) is 1.00. The van der Waals surface area contributed by atoms with E-state index in [1.165, 1.54) is 0 Å². The monoisotopic (exact) mass is 108 g/mol. The molecule has 6 heavy (non-hydrogen) atoms. The lowest BCUT2D eigenvalue weighted by Crippen LogP contribution is -1.81. The summed E-state index contributed by atoms with van der Waals surface area (Å²) in [5.74, 6) is -0.685. The average Bonchev–Trinajstić information content (AvgIpc) is 1.35. The molecule has 0 bridgehead atoms. The van der Waals surface area contributed by atoms with Crippen molar-refractivity contribution in [3.8, 4) is 0 Å². The molecule has 0 saturated carbocycles. The minimum Gasteiger partial charge on any atom is -0.243 e. The van der Waals surface area contributed by atoms with Crippen LogP contribution in [0, 0.1) is 0 Å². The van der Waals surface area contributed by atoms with Gasteiger partial charge in [-0.3, -0.25) is 0 Å². The zero-order chi connectivity index (χ0) is 4.99. The lowest BCUT2D eigenvalue weighted by Gasteiger charge is -1.91. The van der Waals surface area contributed by atoms with E-state index < -0.39 is 5.91 Å². The molecule has 0 radical (unpaired) electrons. The van der Waals surface area contributed by atoms with Crippen molar-refractivity contribution in [1.29, 1.82) is 0 Å². The van der Waals surface area contributed by atoms with Crippen molar-refractivity contribution in [3.05, 3.63) is 0 Å². The maximum Gasteiger partial charge on any atom is 0.113 e. The highest BCUT2D eigenvalue weighted by atomic mass is 31.0. The van der Waals surface area contributed by atoms with Crippen LogP contribution >= 0.6 is 9.24 Å². The zero-order valence-electron chi connectivity index (χ0n) is 3.95. The highest BCUT2D eigenvalue weighted by Crippen LogP contribution is 2.07. The van der Waals surface area contributed by atoms with Crippen LogP contribution < -0.4 is 0 Å². The summed E-state index contributed by atoms with van der Waals surface area (Å²) < 4.78 is 11.7. The first-order valence-electron chi connectivity index (χ1n) is 2.17. The second-order valence-corrected chi connectivity index (χ2v) is 2.03. The summed E-state index contributed by atoms with van der Waals surface area (Å²) in [5, 5.41) is 0. The first kappa shape index (κ1) is 6.36. The van der Waals surface area contributed by atoms with E-state index in [0.717, 1.165) is 6.42 Å². The summed E-state index contributed by atoms with van der Waals surface area (Å²) in [6, 6.07) is 0. The van der Waals surface area contributed by atoms with Gasteiger partial charge in [-0.2, -0.15) is 0 Å². The van der Waals surface area contributed by atoms with Crippen LogP contribution in [0.2, 0.25) is 0 Å². The topological polar surface area (TPSA) is 0 Å². The van der Waals surface area contributed by atoms with Crippen LogP contribution in [0.4, 0.5) is 4.39 Å². The summed E-state index contributed by atoms with van der Waals surface area (Å²) >= 11 is 0. The molecule has 0 aromatic heterocycles. The molecule has 2 atom stereocenters. The molecule has 0 aromatic carbocycles. The predicted molar refractivity (Wildman–Crippen MR) is 29.5 cm³/mol. The van der Waals surface area contributed by atoms with Gasteiger partial charge < -0.3 is 0 Å². The highest BCUT2D eigenvalue weighted by Gasteiger charge is 1.90. The smallest absolute Gasteiger partial charge is 0.113 e. The van der Waals surface area contributed by atoms with E-state index in [2.05, 4.69) is 9.24 Å². The van der Waals surface area contributed by atoms with Gasteiger partial charge in [0.25, 0.3) is 0 Å². The normalized spacial score (nSPS) is 14.5. The van der Waals surface area contributed by atoms with Gasteiger partial charge in [-0.25, -0.2) is 4.39 Å². The van der Waals surface area contributed by atoms with Gasteiger partial charge in [-0.1, -0.05) is 13.3 Å². The summed E-state index contributed by atoms with van der Waals surface area (Å²) in [7, 11) is 2.11. The average molecular weight is 108 g/mol. The van der Waals surface area contributed by atoms with Gasteiger partial charge in [-0.15, -0.1) is 9.24 Å². The van der Waals surface area contributed by atoms with Gasteiger partial charge in [0.2, 0.25) is 0 Å². The fourth-order valence-corrected chi connectivity index (χ4v) is 0.609. The molecule has 0 aliphatic carbocycles. The summed E-state index contributed by atoms with van der Waals surface area (Å²) in [4.78, 5) is 0. The minimum atomic E-state index is -0.685. The van der Waals surface area contributed by atoms with Gasteiger partial charge in [0.15, 0.2) is 0 Å². The van der Waals surface area contributed by atoms with Gasteiger partial charge >= 0.3 is 0 Å². The molecule has 0 fully saturated rings. The standard InChI is InChI=1S/C4H10FP/c1-2-3-4(5)6/h4H,2-3,6H2,1H3. The second-order valence-electron chi connectivity index (χ2n) is 1.30. The first-order valence-corrected chi connectivity index (χ1v) is 2.83. The van der Waals surface area contributed by atoms with Crippen molar-refractivity contribution in [2.75, 3.05) is 0 Å². The fourth-order valence-electron chi connectivity index (χ4n) is 0.276. The number of alkyl halides is 1. The number of hydrogen-bond acceptors (Lipinski definition) is 0. The third kappa shape index (κ3) is 4.36. The molecule has 0 aromatic rings. The molecule has 0 rings (SSSR count). The molecule has 2 unspecified atom stereocenters. The van der Waals surface area contributed by atoms with Crippen LogP contribution in [0.15, 0.2) is 0 Å². The Morgan fingerprint density at radius 3 is 2.33 bits per heavy atom. The van der Waals surface area contributed by atoms with Crippen LogP contribution in [0.5, 0.6) is 0 Å². The molecule has 0 aliphatic heterocycles. The van der Waals surface area contributed by atoms with E-state index in [1.807, 2.05) is 6.92 Å². The Morgan fingerprint density at radius 2 is 2.33 bits per heavy atom. The number of rotatable bonds is 2. The van der Waals surface area contributed by atoms with E-state index in [0.29, 0.717) is 6.42 Å². The largest absolute Gasteiger partial charge is 0.243 e. The lowest BCUT2D eigenvalue weighted by atomic mass is 10.4. The molecule has 2 heteroatoms. The van der Waals surface area contributed by atoms with Crippen LogP contribution in [-0.4, -0.2) is 5.91 Å². The van der Waals surface area contributed by atoms with E-state index in [9.17, 15) is 4.39 Å². The van der Waals surface area contributed by atoms with Crippen LogP contribution in [0.3, 0.4) is 0 Å². The molecular weight excluding hydrogens is 98.0 g/mol. The Kier molecular flexibility index (Phi) is 3.76. The maximum atomic E-state index is 11.7. The lowest BCUT2D eigenvalue weighted by molar-refractivity contribution is 0.425. The molecular formula is C4H10FP. The van der Waals surface area contributed by atoms with Crippen molar-refractivity contribution in [2.45, 2.75) is 25.7 Å². The zero-order valence-corrected chi connectivity index (χ0v) is 5.10. The highest BCUT2D eigenvalue weighted by molar-refractivity contribution is 7.17. The molecule has 0 saturated heterocycles. The van der Waals surface area contributed by atoms with Crippen molar-refractivity contribution in [1.82, 2.24) is 0 Å². The molecule has 0 heterocycles. The summed E-state index contributed by atoms with van der Waals surface area (Å²) in [6.07, 6.45) is 1.61. The number of hydrogen-bond donors (Lipinski definition) is 0. The van der Waals surface area contributed by atoms with Crippen molar-refractivity contribution >= 4 is 9.24 Å². The number of halogens is 1. The summed E-state index contributed by atoms with van der Waals surface area (Å²) in [5.41, 5.74) is 0. The van der Waals surface area contributed by atoms with Crippen molar-refractivity contribution in [3.63, 3.8) is 0 Å². The molecule has 0 spiro atoms. The van der Waals surface area contributed by atoms with Gasteiger partial charge in [0.1, 0.15) is 5.91 Å². The summed E-state index contributed by atoms with van der Waals surface area (Å²) in [6.45, 7) is 1.97. The van der Waals surface area contributed by atoms with E-state index in [4.69, 9.17) is 0 Å². The van der Waals surface area contributed by atoms with Gasteiger partial charge in [0, 0.05) is 0 Å². The van der Waals surface area contributed by atoms with Gasteiger partial charge in [0.05, 0.1) is 0 Å². The third-order valence-electron chi connectivity index (χ3n) is 0.564. The van der Waals surface area contributed by atoms with Crippen molar-refractivity contribution in [2.24, 2.45) is 0 Å². The minimum absolute atomic E-state index is 0.671. The Morgan fingerprint density at radius 1 is 1.83 bits per heavy atom. The maximum absolute atomic E-state index is 11.7. The molecule has 0 nitrogen and oxygen atoms in total. The van der Waals surface area contributed by atoms with Crippen LogP contribution in [0.1, 0.15) is 19.8 Å². The Labute approximate surface area is 40.3 Å². The molecule has 0 aliphatic rings. The third-order valence-corrected chi connectivity index (χ3v) is 0.898. The molecule has 38 valence electrons. The molecule has 0 amide bonds. The van der Waals surface area contributed by atoms with Crippen LogP contribution in [0.25, 0.3) is 0 Å². The van der Waals surface area contributed by atoms with Crippen LogP contribution in [-0.2, 0) is 0 Å². The van der Waals surface area contributed by atoms with Crippen molar-refractivity contribution < 1.29 is 4.39 Å². The van der Waals surface area contributed by atoms with Gasteiger partial charge in [-0.05, 0) is 6.42 Å². The second kappa shape index (κ2) is 3.55. The Bertz CT molecular complexity index is 28.7. The SMILES string of the molecule is CCCC(F)P. The Hall–Kier alpha value is 0.360. The van der Waals surface area contributed by atoms with E-state index in [-0.39, 0.29) is 0 Å². The molecule has 0 N–H and O–H groups in total. The quantitative estimate of drug-likeness (QED) is 0.474. The Balaban J connectivity index is 2.63. The predicted octanol–water partition coefficient (Wildman–Crippen LogP) is 1.96. The van der Waals surface area contributed by atoms with E-state index >= 15 is 0 Å². The first-order chi connectivity index (χ1) is 2.77.